The zero-order chi connectivity index (χ0) is 20.8. The molecule has 0 unspecified atom stereocenters. The highest BCUT2D eigenvalue weighted by atomic mass is 127. The van der Waals surface area contributed by atoms with Crippen LogP contribution in [0.5, 0.6) is 5.75 Å². The fourth-order valence-corrected chi connectivity index (χ4v) is 2.41. The molecule has 8 heteroatoms. The number of amides is 1. The van der Waals surface area contributed by atoms with Crippen molar-refractivity contribution in [3.8, 4) is 5.75 Å². The molecular formula is C21H37IN4O3. The van der Waals surface area contributed by atoms with E-state index in [2.05, 4.69) is 33.1 Å². The number of benzene rings is 1. The molecule has 0 bridgehead atoms. The predicted octanol–water partition coefficient (Wildman–Crippen LogP) is 3.72. The van der Waals surface area contributed by atoms with Gasteiger partial charge in [-0.1, -0.05) is 12.1 Å². The summed E-state index contributed by atoms with van der Waals surface area (Å²) in [5, 5.41) is 9.33. The molecule has 7 nitrogen and oxygen atoms in total. The summed E-state index contributed by atoms with van der Waals surface area (Å²) < 4.78 is 10.4. The van der Waals surface area contributed by atoms with E-state index in [-0.39, 0.29) is 30.1 Å². The SMILES string of the molecule is CCNC(=NCCCNC(=O)OC(C)(C)C)NCCCc1ccc(OC)cc1.I. The maximum Gasteiger partial charge on any atom is 0.407 e. The van der Waals surface area contributed by atoms with Gasteiger partial charge in [0.05, 0.1) is 7.11 Å². The summed E-state index contributed by atoms with van der Waals surface area (Å²) in [6.45, 7) is 10.4. The number of nitrogens with zero attached hydrogens (tertiary/aromatic N) is 1. The lowest BCUT2D eigenvalue weighted by molar-refractivity contribution is 0.0527. The largest absolute Gasteiger partial charge is 0.497 e. The molecule has 29 heavy (non-hydrogen) atoms. The Morgan fingerprint density at radius 3 is 2.28 bits per heavy atom. The molecule has 0 spiro atoms. The second-order valence-corrected chi connectivity index (χ2v) is 7.42. The summed E-state index contributed by atoms with van der Waals surface area (Å²) in [4.78, 5) is 16.1. The number of halogens is 1. The molecule has 166 valence electrons. The monoisotopic (exact) mass is 520 g/mol. The van der Waals surface area contributed by atoms with Gasteiger partial charge in [0.15, 0.2) is 5.96 Å². The third-order valence-corrected chi connectivity index (χ3v) is 3.71. The third kappa shape index (κ3) is 14.0. The van der Waals surface area contributed by atoms with Crippen molar-refractivity contribution < 1.29 is 14.3 Å². The van der Waals surface area contributed by atoms with Crippen molar-refractivity contribution in [2.24, 2.45) is 4.99 Å². The van der Waals surface area contributed by atoms with Crippen LogP contribution < -0.4 is 20.7 Å². The molecule has 0 aliphatic rings. The number of aryl methyl sites for hydroxylation is 1. The number of carbonyl (C=O) groups excluding carboxylic acids is 1. The fourth-order valence-electron chi connectivity index (χ4n) is 2.41. The van der Waals surface area contributed by atoms with E-state index < -0.39 is 5.60 Å². The highest BCUT2D eigenvalue weighted by molar-refractivity contribution is 14.0. The number of alkyl carbamates (subject to hydrolysis) is 1. The van der Waals surface area contributed by atoms with Crippen molar-refractivity contribution in [1.82, 2.24) is 16.0 Å². The van der Waals surface area contributed by atoms with E-state index in [1.54, 1.807) is 7.11 Å². The van der Waals surface area contributed by atoms with Gasteiger partial charge >= 0.3 is 6.09 Å². The molecule has 0 saturated carbocycles. The molecule has 0 aliphatic carbocycles. The number of hydrogen-bond acceptors (Lipinski definition) is 4. The predicted molar refractivity (Wildman–Crippen MR) is 130 cm³/mol. The van der Waals surface area contributed by atoms with E-state index in [4.69, 9.17) is 9.47 Å². The van der Waals surface area contributed by atoms with E-state index >= 15 is 0 Å². The van der Waals surface area contributed by atoms with E-state index in [1.807, 2.05) is 39.8 Å². The Bertz CT molecular complexity index is 601. The molecule has 0 aromatic heterocycles. The zero-order valence-electron chi connectivity index (χ0n) is 18.3. The topological polar surface area (TPSA) is 84.0 Å². The molecule has 3 N–H and O–H groups in total. The van der Waals surface area contributed by atoms with Crippen LogP contribution in [0, 0.1) is 0 Å². The third-order valence-electron chi connectivity index (χ3n) is 3.71. The van der Waals surface area contributed by atoms with E-state index in [0.717, 1.165) is 44.1 Å². The first-order chi connectivity index (χ1) is 13.3. The molecule has 1 aromatic carbocycles. The van der Waals surface area contributed by atoms with Crippen molar-refractivity contribution in [3.63, 3.8) is 0 Å². The standard InChI is InChI=1S/C21H36N4O3.HI/c1-6-22-19(24-15-8-16-25-20(26)28-21(2,3)4)23-14-7-9-17-10-12-18(27-5)13-11-17;/h10-13H,6-9,14-16H2,1-5H3,(H,25,26)(H2,22,23,24);1H. The number of carbonyl (C=O) groups is 1. The van der Waals surface area contributed by atoms with Gasteiger partial charge in [-0.05, 0) is 64.7 Å². The summed E-state index contributed by atoms with van der Waals surface area (Å²) in [7, 11) is 1.67. The highest BCUT2D eigenvalue weighted by Gasteiger charge is 2.15. The van der Waals surface area contributed by atoms with Crippen molar-refractivity contribution in [2.75, 3.05) is 33.3 Å². The maximum atomic E-state index is 11.6. The van der Waals surface area contributed by atoms with Crippen LogP contribution in [0.15, 0.2) is 29.3 Å². The van der Waals surface area contributed by atoms with Gasteiger partial charge in [-0.2, -0.15) is 0 Å². The van der Waals surface area contributed by atoms with Crippen LogP contribution in [0.3, 0.4) is 0 Å². The average Bonchev–Trinajstić information content (AvgIpc) is 2.63. The van der Waals surface area contributed by atoms with E-state index in [1.165, 1.54) is 5.56 Å². The van der Waals surface area contributed by atoms with Crippen LogP contribution in [-0.2, 0) is 11.2 Å². The van der Waals surface area contributed by atoms with Crippen molar-refractivity contribution in [3.05, 3.63) is 29.8 Å². The van der Waals surface area contributed by atoms with Gasteiger partial charge in [0.1, 0.15) is 11.4 Å². The molecular weight excluding hydrogens is 483 g/mol. The minimum Gasteiger partial charge on any atom is -0.497 e. The second kappa shape index (κ2) is 15.2. The molecule has 0 saturated heterocycles. The molecule has 0 atom stereocenters. The Morgan fingerprint density at radius 2 is 1.69 bits per heavy atom. The average molecular weight is 520 g/mol. The quantitative estimate of drug-likeness (QED) is 0.190. The van der Waals surface area contributed by atoms with Crippen molar-refractivity contribution in [2.45, 2.75) is 52.6 Å². The lowest BCUT2D eigenvalue weighted by Crippen LogP contribution is -2.38. The number of nitrogens with one attached hydrogen (secondary N) is 3. The summed E-state index contributed by atoms with van der Waals surface area (Å²) in [6.07, 6.45) is 2.37. The van der Waals surface area contributed by atoms with Gasteiger partial charge in [-0.25, -0.2) is 4.79 Å². The highest BCUT2D eigenvalue weighted by Crippen LogP contribution is 2.12. The van der Waals surface area contributed by atoms with Gasteiger partial charge in [-0.15, -0.1) is 24.0 Å². The van der Waals surface area contributed by atoms with Gasteiger partial charge < -0.3 is 25.4 Å². The fraction of sp³-hybridized carbons (Fsp3) is 0.619. The Labute approximate surface area is 192 Å². The molecule has 0 aliphatic heterocycles. The minimum atomic E-state index is -0.476. The Balaban J connectivity index is 0.00000784. The lowest BCUT2D eigenvalue weighted by atomic mass is 10.1. The Hall–Kier alpha value is -1.71. The van der Waals surface area contributed by atoms with Crippen molar-refractivity contribution in [1.29, 1.82) is 0 Å². The number of methoxy groups -OCH3 is 1. The smallest absolute Gasteiger partial charge is 0.407 e. The van der Waals surface area contributed by atoms with Gasteiger partial charge in [0.25, 0.3) is 0 Å². The van der Waals surface area contributed by atoms with Crippen LogP contribution >= 0.6 is 24.0 Å². The number of hydrogen-bond donors (Lipinski definition) is 3. The molecule has 1 amide bonds. The summed E-state index contributed by atoms with van der Waals surface area (Å²) in [5.41, 5.74) is 0.814. The minimum absolute atomic E-state index is 0. The van der Waals surface area contributed by atoms with Crippen molar-refractivity contribution >= 4 is 36.0 Å². The van der Waals surface area contributed by atoms with E-state index in [9.17, 15) is 4.79 Å². The van der Waals surface area contributed by atoms with E-state index in [0.29, 0.717) is 13.1 Å². The van der Waals surface area contributed by atoms with Crippen LogP contribution in [0.1, 0.15) is 46.1 Å². The number of ether oxygens (including phenoxy) is 2. The van der Waals surface area contributed by atoms with Crippen LogP contribution in [-0.4, -0.2) is 50.9 Å². The molecule has 1 rings (SSSR count). The number of aliphatic imine (C=N–C) groups is 1. The first-order valence-electron chi connectivity index (χ1n) is 9.96. The Kier molecular flexibility index (Phi) is 14.3. The zero-order valence-corrected chi connectivity index (χ0v) is 20.7. The molecule has 1 aromatic rings. The maximum absolute atomic E-state index is 11.6. The lowest BCUT2D eigenvalue weighted by Gasteiger charge is -2.19. The van der Waals surface area contributed by atoms with Gasteiger partial charge in [0.2, 0.25) is 0 Å². The van der Waals surface area contributed by atoms with Gasteiger partial charge in [-0.3, -0.25) is 4.99 Å². The van der Waals surface area contributed by atoms with Crippen LogP contribution in [0.4, 0.5) is 4.79 Å². The number of rotatable bonds is 10. The second-order valence-electron chi connectivity index (χ2n) is 7.42. The first-order valence-corrected chi connectivity index (χ1v) is 9.96. The molecule has 0 heterocycles. The van der Waals surface area contributed by atoms with Crippen LogP contribution in [0.25, 0.3) is 0 Å². The summed E-state index contributed by atoms with van der Waals surface area (Å²) >= 11 is 0. The summed E-state index contributed by atoms with van der Waals surface area (Å²) in [5.74, 6) is 1.68. The molecule has 0 radical (unpaired) electrons. The first kappa shape index (κ1) is 27.3. The van der Waals surface area contributed by atoms with Crippen LogP contribution in [0.2, 0.25) is 0 Å². The number of guanidine groups is 1. The van der Waals surface area contributed by atoms with Gasteiger partial charge in [0, 0.05) is 26.2 Å². The normalized spacial score (nSPS) is 11.3. The Morgan fingerprint density at radius 1 is 1.03 bits per heavy atom. The molecule has 0 fully saturated rings. The summed E-state index contributed by atoms with van der Waals surface area (Å²) in [6, 6.07) is 8.16.